The normalized spacial score (nSPS) is 23.8. The van der Waals surface area contributed by atoms with Crippen LogP contribution in [-0.2, 0) is 9.53 Å². The SMILES string of the molecule is CC(C)(C)OC(=O)N1CC2(CCC2)[C@H](O)C[C@H]1C(=O)N1CCC(c2nnn(-c3ccc(F)c(F)c3)n2)CC1. The molecule has 10 nitrogen and oxygen atoms in total. The molecule has 12 heteroatoms. The van der Waals surface area contributed by atoms with E-state index in [0.29, 0.717) is 38.3 Å². The van der Waals surface area contributed by atoms with Crippen LogP contribution in [-0.4, -0.2) is 84.5 Å². The molecule has 1 spiro atoms. The number of hydrogen-bond acceptors (Lipinski definition) is 7. The number of ether oxygens (including phenoxy) is 1. The number of halogens is 2. The van der Waals surface area contributed by atoms with Crippen molar-refractivity contribution in [2.45, 2.75) is 83.0 Å². The smallest absolute Gasteiger partial charge is 0.410 e. The van der Waals surface area contributed by atoms with Crippen molar-refractivity contribution in [3.05, 3.63) is 35.7 Å². The topological polar surface area (TPSA) is 114 Å². The Morgan fingerprint density at radius 1 is 1.13 bits per heavy atom. The predicted octanol–water partition coefficient (Wildman–Crippen LogP) is 3.19. The van der Waals surface area contributed by atoms with Gasteiger partial charge in [-0.05, 0) is 63.8 Å². The van der Waals surface area contributed by atoms with Gasteiger partial charge in [0.25, 0.3) is 0 Å². The first-order chi connectivity index (χ1) is 18.0. The van der Waals surface area contributed by atoms with Gasteiger partial charge in [-0.2, -0.15) is 0 Å². The fourth-order valence-corrected chi connectivity index (χ4v) is 5.69. The highest BCUT2D eigenvalue weighted by atomic mass is 19.2. The maximum Gasteiger partial charge on any atom is 0.410 e. The average Bonchev–Trinajstić information content (AvgIpc) is 3.33. The van der Waals surface area contributed by atoms with Gasteiger partial charge in [-0.1, -0.05) is 6.42 Å². The van der Waals surface area contributed by atoms with Gasteiger partial charge >= 0.3 is 6.09 Å². The van der Waals surface area contributed by atoms with Crippen molar-refractivity contribution in [3.8, 4) is 5.69 Å². The number of tetrazole rings is 1. The summed E-state index contributed by atoms with van der Waals surface area (Å²) in [7, 11) is 0. The lowest BCUT2D eigenvalue weighted by Gasteiger charge is -2.54. The molecule has 1 N–H and O–H groups in total. The Morgan fingerprint density at radius 3 is 2.45 bits per heavy atom. The first-order valence-corrected chi connectivity index (χ1v) is 13.2. The number of nitrogens with zero attached hydrogens (tertiary/aromatic N) is 6. The van der Waals surface area contributed by atoms with Gasteiger partial charge in [-0.3, -0.25) is 9.69 Å². The van der Waals surface area contributed by atoms with Crippen LogP contribution >= 0.6 is 0 Å². The second-order valence-electron chi connectivity index (χ2n) is 11.7. The van der Waals surface area contributed by atoms with Gasteiger partial charge in [-0.25, -0.2) is 13.6 Å². The van der Waals surface area contributed by atoms with E-state index < -0.39 is 35.5 Å². The van der Waals surface area contributed by atoms with Gasteiger partial charge in [-0.15, -0.1) is 15.0 Å². The zero-order valence-corrected chi connectivity index (χ0v) is 21.9. The molecule has 5 rings (SSSR count). The van der Waals surface area contributed by atoms with Gasteiger partial charge in [0, 0.05) is 43.5 Å². The predicted molar refractivity (Wildman–Crippen MR) is 131 cm³/mol. The van der Waals surface area contributed by atoms with E-state index in [4.69, 9.17) is 4.74 Å². The second-order valence-corrected chi connectivity index (χ2v) is 11.7. The lowest BCUT2D eigenvalue weighted by Crippen LogP contribution is -2.64. The summed E-state index contributed by atoms with van der Waals surface area (Å²) in [4.78, 5) is 31.2. The fraction of sp³-hybridized carbons (Fsp3) is 0.654. The summed E-state index contributed by atoms with van der Waals surface area (Å²) < 4.78 is 32.5. The minimum absolute atomic E-state index is 0.0600. The lowest BCUT2D eigenvalue weighted by molar-refractivity contribution is -0.152. The molecule has 3 aliphatic rings. The number of carbonyl (C=O) groups is 2. The van der Waals surface area contributed by atoms with E-state index in [2.05, 4.69) is 15.4 Å². The largest absolute Gasteiger partial charge is 0.444 e. The Hall–Kier alpha value is -3.15. The Morgan fingerprint density at radius 2 is 1.84 bits per heavy atom. The van der Waals surface area contributed by atoms with E-state index in [1.165, 1.54) is 11.0 Å². The average molecular weight is 533 g/mol. The third kappa shape index (κ3) is 5.10. The second kappa shape index (κ2) is 9.87. The molecule has 0 unspecified atom stereocenters. The van der Waals surface area contributed by atoms with Crippen LogP contribution in [0.15, 0.2) is 18.2 Å². The maximum atomic E-state index is 13.6. The molecule has 1 aromatic heterocycles. The van der Waals surface area contributed by atoms with E-state index in [1.807, 2.05) is 0 Å². The zero-order chi connectivity index (χ0) is 27.2. The first kappa shape index (κ1) is 26.5. The van der Waals surface area contributed by atoms with Crippen molar-refractivity contribution in [2.75, 3.05) is 19.6 Å². The molecule has 0 bridgehead atoms. The van der Waals surface area contributed by atoms with Crippen molar-refractivity contribution < 1.29 is 28.2 Å². The zero-order valence-electron chi connectivity index (χ0n) is 21.9. The Bertz CT molecular complexity index is 1200. The summed E-state index contributed by atoms with van der Waals surface area (Å²) >= 11 is 0. The third-order valence-corrected chi connectivity index (χ3v) is 8.01. The van der Waals surface area contributed by atoms with Crippen LogP contribution in [0.2, 0.25) is 0 Å². The molecule has 2 aliphatic heterocycles. The molecule has 3 heterocycles. The number of benzene rings is 1. The van der Waals surface area contributed by atoms with Crippen molar-refractivity contribution in [1.82, 2.24) is 30.0 Å². The van der Waals surface area contributed by atoms with E-state index in [1.54, 1.807) is 25.7 Å². The Balaban J connectivity index is 1.25. The number of piperidine rings is 2. The number of amides is 2. The number of aliphatic hydroxyl groups is 1. The van der Waals surface area contributed by atoms with E-state index >= 15 is 0 Å². The van der Waals surface area contributed by atoms with Crippen molar-refractivity contribution in [3.63, 3.8) is 0 Å². The Kier molecular flexibility index (Phi) is 6.87. The summed E-state index contributed by atoms with van der Waals surface area (Å²) in [6.45, 7) is 6.56. The molecule has 206 valence electrons. The first-order valence-electron chi connectivity index (χ1n) is 13.2. The molecular weight excluding hydrogens is 498 g/mol. The summed E-state index contributed by atoms with van der Waals surface area (Å²) in [5, 5.41) is 23.3. The molecule has 0 radical (unpaired) electrons. The van der Waals surface area contributed by atoms with Gasteiger partial charge in [0.2, 0.25) is 5.91 Å². The number of aliphatic hydroxyl groups excluding tert-OH is 1. The number of rotatable bonds is 3. The highest BCUT2D eigenvalue weighted by molar-refractivity contribution is 5.86. The number of likely N-dealkylation sites (tertiary alicyclic amines) is 2. The highest BCUT2D eigenvalue weighted by Crippen LogP contribution is 2.49. The van der Waals surface area contributed by atoms with Crippen LogP contribution in [0.1, 0.15) is 71.0 Å². The minimum atomic E-state index is -0.996. The molecule has 2 saturated heterocycles. The van der Waals surface area contributed by atoms with E-state index in [-0.39, 0.29) is 29.3 Å². The minimum Gasteiger partial charge on any atom is -0.444 e. The monoisotopic (exact) mass is 532 g/mol. The standard InChI is InChI=1S/C26H34F2N6O4/c1-25(2,3)38-24(37)33-15-26(9-4-10-26)21(35)14-20(33)23(36)32-11-7-16(8-12-32)22-29-31-34(30-22)17-5-6-18(27)19(28)13-17/h5-6,13,16,20-21,35H,4,7-12,14-15H2,1-3H3/t20-,21+/m0/s1. The van der Waals surface area contributed by atoms with E-state index in [9.17, 15) is 23.5 Å². The van der Waals surface area contributed by atoms with Crippen LogP contribution < -0.4 is 0 Å². The maximum absolute atomic E-state index is 13.6. The lowest BCUT2D eigenvalue weighted by atomic mass is 9.61. The van der Waals surface area contributed by atoms with E-state index in [0.717, 1.165) is 36.2 Å². The number of carbonyl (C=O) groups excluding carboxylic acids is 2. The van der Waals surface area contributed by atoms with Crippen LogP contribution in [0, 0.1) is 17.0 Å². The van der Waals surface area contributed by atoms with Crippen LogP contribution in [0.5, 0.6) is 0 Å². The molecule has 3 fully saturated rings. The molecule has 2 amide bonds. The van der Waals surface area contributed by atoms with Gasteiger partial charge in [0.1, 0.15) is 11.6 Å². The molecule has 1 saturated carbocycles. The summed E-state index contributed by atoms with van der Waals surface area (Å²) in [6, 6.07) is 2.60. The third-order valence-electron chi connectivity index (χ3n) is 8.01. The van der Waals surface area contributed by atoms with Crippen LogP contribution in [0.25, 0.3) is 5.69 Å². The highest BCUT2D eigenvalue weighted by Gasteiger charge is 2.54. The number of hydrogen-bond donors (Lipinski definition) is 1. The van der Waals surface area contributed by atoms with Crippen molar-refractivity contribution in [1.29, 1.82) is 0 Å². The van der Waals surface area contributed by atoms with Gasteiger partial charge in [0.15, 0.2) is 17.5 Å². The molecular formula is C26H34F2N6O4. The molecule has 1 aromatic carbocycles. The van der Waals surface area contributed by atoms with Gasteiger partial charge in [0.05, 0.1) is 11.8 Å². The summed E-state index contributed by atoms with van der Waals surface area (Å²) in [6.07, 6.45) is 2.86. The Labute approximate surface area is 219 Å². The number of aromatic nitrogens is 4. The quantitative estimate of drug-likeness (QED) is 0.646. The van der Waals surface area contributed by atoms with Crippen molar-refractivity contribution in [2.24, 2.45) is 5.41 Å². The molecule has 2 atom stereocenters. The fourth-order valence-electron chi connectivity index (χ4n) is 5.69. The van der Waals surface area contributed by atoms with Crippen LogP contribution in [0.4, 0.5) is 13.6 Å². The van der Waals surface area contributed by atoms with Crippen LogP contribution in [0.3, 0.4) is 0 Å². The summed E-state index contributed by atoms with van der Waals surface area (Å²) in [5.41, 5.74) is -0.792. The summed E-state index contributed by atoms with van der Waals surface area (Å²) in [5.74, 6) is -1.73. The molecule has 2 aromatic rings. The van der Waals surface area contributed by atoms with Crippen molar-refractivity contribution >= 4 is 12.0 Å². The van der Waals surface area contributed by atoms with Gasteiger partial charge < -0.3 is 14.7 Å². The molecule has 38 heavy (non-hydrogen) atoms. The molecule has 1 aliphatic carbocycles.